The summed E-state index contributed by atoms with van der Waals surface area (Å²) in [5.74, 6) is -0.381. The zero-order valence-corrected chi connectivity index (χ0v) is 11.1. The number of rotatable bonds is 2. The maximum atomic E-state index is 12.0. The van der Waals surface area contributed by atoms with Gasteiger partial charge in [-0.2, -0.15) is 0 Å². The highest BCUT2D eigenvalue weighted by Crippen LogP contribution is 2.22. The van der Waals surface area contributed by atoms with Crippen molar-refractivity contribution in [1.82, 2.24) is 4.98 Å². The normalized spacial score (nSPS) is 19.6. The molecule has 1 fully saturated rings. The lowest BCUT2D eigenvalue weighted by Gasteiger charge is -2.20. The fourth-order valence-corrected chi connectivity index (χ4v) is 2.97. The average Bonchev–Trinajstić information content (AvgIpc) is 2.88. The smallest absolute Gasteiger partial charge is 0.338 e. The van der Waals surface area contributed by atoms with Crippen LogP contribution in [0.25, 0.3) is 10.2 Å². The number of esters is 1. The molecule has 1 atom stereocenters. The molecule has 0 N–H and O–H groups in total. The summed E-state index contributed by atoms with van der Waals surface area (Å²) in [5.41, 5.74) is 3.09. The van der Waals surface area contributed by atoms with Crippen LogP contribution in [0.2, 0.25) is 0 Å². The number of Topliss-reactive ketones (excluding diaryl/α,β-unsaturated/α-hetero) is 1. The quantitative estimate of drug-likeness (QED) is 0.791. The van der Waals surface area contributed by atoms with Gasteiger partial charge in [0.05, 0.1) is 21.3 Å². The van der Waals surface area contributed by atoms with Crippen LogP contribution in [0.1, 0.15) is 36.0 Å². The number of hydrogen-bond donors (Lipinski definition) is 0. The third kappa shape index (κ3) is 2.51. The van der Waals surface area contributed by atoms with Crippen molar-refractivity contribution >= 4 is 33.3 Å². The highest BCUT2D eigenvalue weighted by atomic mass is 32.1. The van der Waals surface area contributed by atoms with Crippen molar-refractivity contribution in [3.8, 4) is 0 Å². The molecule has 5 heteroatoms. The van der Waals surface area contributed by atoms with Gasteiger partial charge in [-0.05, 0) is 37.5 Å². The van der Waals surface area contributed by atoms with Gasteiger partial charge in [-0.15, -0.1) is 11.3 Å². The molecule has 3 rings (SSSR count). The summed E-state index contributed by atoms with van der Waals surface area (Å²) in [6.07, 6.45) is 2.45. The number of carbonyl (C=O) groups is 2. The zero-order valence-electron chi connectivity index (χ0n) is 10.3. The van der Waals surface area contributed by atoms with Gasteiger partial charge in [-0.25, -0.2) is 9.78 Å². The van der Waals surface area contributed by atoms with Gasteiger partial charge in [-0.3, -0.25) is 4.79 Å². The standard InChI is InChI=1S/C14H13NO3S/c16-11-3-1-2-4-12(11)18-14(17)9-5-6-10-13(7-9)19-8-15-10/h5-8,12H,1-4H2/t12-/m1/s1. The van der Waals surface area contributed by atoms with E-state index in [2.05, 4.69) is 4.98 Å². The first-order valence-corrected chi connectivity index (χ1v) is 7.19. The molecular weight excluding hydrogens is 262 g/mol. The van der Waals surface area contributed by atoms with Gasteiger partial charge in [0.2, 0.25) is 0 Å². The Hall–Kier alpha value is -1.75. The highest BCUT2D eigenvalue weighted by Gasteiger charge is 2.26. The number of fused-ring (bicyclic) bond motifs is 1. The van der Waals surface area contributed by atoms with Crippen LogP contribution in [0.3, 0.4) is 0 Å². The van der Waals surface area contributed by atoms with Crippen molar-refractivity contribution in [3.63, 3.8) is 0 Å². The summed E-state index contributed by atoms with van der Waals surface area (Å²) < 4.78 is 6.26. The van der Waals surface area contributed by atoms with Crippen LogP contribution in [0.15, 0.2) is 23.7 Å². The van der Waals surface area contributed by atoms with E-state index in [4.69, 9.17) is 4.74 Å². The summed E-state index contributed by atoms with van der Waals surface area (Å²) in [7, 11) is 0. The Morgan fingerprint density at radius 2 is 2.26 bits per heavy atom. The minimum absolute atomic E-state index is 0.0402. The first-order valence-electron chi connectivity index (χ1n) is 6.31. The molecule has 0 spiro atoms. The number of aromatic nitrogens is 1. The maximum Gasteiger partial charge on any atom is 0.338 e. The third-order valence-corrected chi connectivity index (χ3v) is 4.11. The van der Waals surface area contributed by atoms with Gasteiger partial charge < -0.3 is 4.74 Å². The summed E-state index contributed by atoms with van der Waals surface area (Å²) in [5, 5.41) is 0. The molecule has 4 nitrogen and oxygen atoms in total. The zero-order chi connectivity index (χ0) is 13.2. The first kappa shape index (κ1) is 12.3. The fourth-order valence-electron chi connectivity index (χ4n) is 2.25. The molecular formula is C14H13NO3S. The van der Waals surface area contributed by atoms with Gasteiger partial charge >= 0.3 is 5.97 Å². The van der Waals surface area contributed by atoms with Crippen molar-refractivity contribution in [2.24, 2.45) is 0 Å². The van der Waals surface area contributed by atoms with Gasteiger partial charge in [0.25, 0.3) is 0 Å². The van der Waals surface area contributed by atoms with Gasteiger partial charge in [0, 0.05) is 6.42 Å². The number of ketones is 1. The number of thiazole rings is 1. The minimum atomic E-state index is -0.557. The van der Waals surface area contributed by atoms with Crippen molar-refractivity contribution in [2.75, 3.05) is 0 Å². The molecule has 98 valence electrons. The van der Waals surface area contributed by atoms with Crippen LogP contribution >= 0.6 is 11.3 Å². The lowest BCUT2D eigenvalue weighted by molar-refractivity contribution is -0.129. The van der Waals surface area contributed by atoms with E-state index in [1.54, 1.807) is 23.7 Å². The van der Waals surface area contributed by atoms with E-state index in [0.29, 0.717) is 18.4 Å². The van der Waals surface area contributed by atoms with E-state index < -0.39 is 12.1 Å². The van der Waals surface area contributed by atoms with Crippen molar-refractivity contribution in [1.29, 1.82) is 0 Å². The average molecular weight is 275 g/mol. The summed E-state index contributed by atoms with van der Waals surface area (Å²) in [6.45, 7) is 0. The van der Waals surface area contributed by atoms with Crippen molar-refractivity contribution in [2.45, 2.75) is 31.8 Å². The van der Waals surface area contributed by atoms with Crippen LogP contribution in [0.5, 0.6) is 0 Å². The molecule has 0 aliphatic heterocycles. The molecule has 19 heavy (non-hydrogen) atoms. The lowest BCUT2D eigenvalue weighted by atomic mass is 9.96. The van der Waals surface area contributed by atoms with Gasteiger partial charge in [0.1, 0.15) is 0 Å². The Bertz CT molecular complexity index is 634. The van der Waals surface area contributed by atoms with E-state index in [1.807, 2.05) is 0 Å². The molecule has 0 amide bonds. The Morgan fingerprint density at radius 1 is 1.37 bits per heavy atom. The predicted octanol–water partition coefficient (Wildman–Crippen LogP) is 2.96. The molecule has 1 aromatic carbocycles. The number of hydrogen-bond acceptors (Lipinski definition) is 5. The van der Waals surface area contributed by atoms with Crippen LogP contribution < -0.4 is 0 Å². The topological polar surface area (TPSA) is 56.3 Å². The lowest BCUT2D eigenvalue weighted by Crippen LogP contribution is -2.30. The molecule has 1 saturated carbocycles. The maximum absolute atomic E-state index is 12.0. The molecule has 1 heterocycles. The Labute approximate surface area is 114 Å². The number of ether oxygens (including phenoxy) is 1. The van der Waals surface area contributed by atoms with Crippen LogP contribution in [0, 0.1) is 0 Å². The van der Waals surface area contributed by atoms with E-state index in [0.717, 1.165) is 23.1 Å². The summed E-state index contributed by atoms with van der Waals surface area (Å²) in [6, 6.07) is 5.26. The molecule has 1 aliphatic carbocycles. The first-order chi connectivity index (χ1) is 9.24. The summed E-state index contributed by atoms with van der Waals surface area (Å²) >= 11 is 1.48. The Kier molecular flexibility index (Phi) is 3.29. The predicted molar refractivity (Wildman–Crippen MR) is 72.3 cm³/mol. The fraction of sp³-hybridized carbons (Fsp3) is 0.357. The minimum Gasteiger partial charge on any atom is -0.451 e. The molecule has 1 aliphatic rings. The number of nitrogens with zero attached hydrogens (tertiary/aromatic N) is 1. The van der Waals surface area contributed by atoms with Crippen molar-refractivity contribution in [3.05, 3.63) is 29.3 Å². The van der Waals surface area contributed by atoms with Crippen molar-refractivity contribution < 1.29 is 14.3 Å². The highest BCUT2D eigenvalue weighted by molar-refractivity contribution is 7.16. The Morgan fingerprint density at radius 3 is 3.11 bits per heavy atom. The van der Waals surface area contributed by atoms with E-state index in [9.17, 15) is 9.59 Å². The molecule has 0 saturated heterocycles. The van der Waals surface area contributed by atoms with Crippen LogP contribution in [-0.2, 0) is 9.53 Å². The molecule has 0 bridgehead atoms. The second kappa shape index (κ2) is 5.09. The Balaban J connectivity index is 1.77. The van der Waals surface area contributed by atoms with Gasteiger partial charge in [-0.1, -0.05) is 0 Å². The monoisotopic (exact) mass is 275 g/mol. The summed E-state index contributed by atoms with van der Waals surface area (Å²) in [4.78, 5) is 27.8. The van der Waals surface area contributed by atoms with E-state index in [1.165, 1.54) is 11.3 Å². The van der Waals surface area contributed by atoms with Crippen LogP contribution in [0.4, 0.5) is 0 Å². The molecule has 2 aromatic rings. The third-order valence-electron chi connectivity index (χ3n) is 3.31. The van der Waals surface area contributed by atoms with Crippen LogP contribution in [-0.4, -0.2) is 22.8 Å². The molecule has 1 aromatic heterocycles. The second-order valence-corrected chi connectivity index (χ2v) is 5.53. The largest absolute Gasteiger partial charge is 0.451 e. The number of carbonyl (C=O) groups excluding carboxylic acids is 2. The number of benzene rings is 1. The van der Waals surface area contributed by atoms with E-state index >= 15 is 0 Å². The molecule has 0 unspecified atom stereocenters. The molecule has 0 radical (unpaired) electrons. The van der Waals surface area contributed by atoms with Gasteiger partial charge in [0.15, 0.2) is 11.9 Å². The van der Waals surface area contributed by atoms with E-state index in [-0.39, 0.29) is 5.78 Å². The SMILES string of the molecule is O=C(O[C@@H]1CCCCC1=O)c1ccc2ncsc2c1. The second-order valence-electron chi connectivity index (χ2n) is 4.64.